The predicted octanol–water partition coefficient (Wildman–Crippen LogP) is 1.02. The smallest absolute Gasteiger partial charge is 0.240 e. The quantitative estimate of drug-likeness (QED) is 0.818. The van der Waals surface area contributed by atoms with E-state index in [1.54, 1.807) is 6.92 Å². The largest absolute Gasteiger partial charge is 0.356 e. The third-order valence-electron chi connectivity index (χ3n) is 2.39. The predicted molar refractivity (Wildman–Crippen MR) is 74.7 cm³/mol. The third-order valence-corrected chi connectivity index (χ3v) is 4.16. The Morgan fingerprint density at radius 3 is 2.70 bits per heavy atom. The minimum absolute atomic E-state index is 0.00815. The van der Waals surface area contributed by atoms with E-state index in [-0.39, 0.29) is 34.4 Å². The second kappa shape index (κ2) is 7.24. The lowest BCUT2D eigenvalue weighted by molar-refractivity contribution is -0.120. The number of hydrogen-bond acceptors (Lipinski definition) is 4. The van der Waals surface area contributed by atoms with E-state index in [2.05, 4.69) is 10.0 Å². The molecule has 0 saturated heterocycles. The van der Waals surface area contributed by atoms with E-state index in [9.17, 15) is 13.2 Å². The SMILES string of the molecule is CCNC(=O)CCNS(=O)(=O)c1ccc(C#N)c(Cl)c1. The molecule has 0 aromatic heterocycles. The van der Waals surface area contributed by atoms with Gasteiger partial charge in [0.2, 0.25) is 15.9 Å². The monoisotopic (exact) mass is 315 g/mol. The summed E-state index contributed by atoms with van der Waals surface area (Å²) in [5, 5.41) is 11.4. The number of nitrogens with one attached hydrogen (secondary N) is 2. The maximum Gasteiger partial charge on any atom is 0.240 e. The van der Waals surface area contributed by atoms with Crippen molar-refractivity contribution >= 4 is 27.5 Å². The number of nitrogens with zero attached hydrogens (tertiary/aromatic N) is 1. The fraction of sp³-hybridized carbons (Fsp3) is 0.333. The molecule has 0 atom stereocenters. The van der Waals surface area contributed by atoms with Crippen molar-refractivity contribution in [2.45, 2.75) is 18.2 Å². The van der Waals surface area contributed by atoms with Crippen LogP contribution in [-0.4, -0.2) is 27.4 Å². The van der Waals surface area contributed by atoms with Gasteiger partial charge in [-0.3, -0.25) is 4.79 Å². The van der Waals surface area contributed by atoms with Crippen LogP contribution in [0.1, 0.15) is 18.9 Å². The van der Waals surface area contributed by atoms with Crippen molar-refractivity contribution in [2.75, 3.05) is 13.1 Å². The first-order valence-corrected chi connectivity index (χ1v) is 7.73. The molecule has 0 saturated carbocycles. The fourth-order valence-corrected chi connectivity index (χ4v) is 2.77. The second-order valence-corrected chi connectivity index (χ2v) is 6.03. The number of nitriles is 1. The molecule has 0 heterocycles. The van der Waals surface area contributed by atoms with Crippen LogP contribution >= 0.6 is 11.6 Å². The average Bonchev–Trinajstić information content (AvgIpc) is 2.38. The lowest BCUT2D eigenvalue weighted by atomic mass is 10.2. The Kier molecular flexibility index (Phi) is 5.95. The second-order valence-electron chi connectivity index (χ2n) is 3.85. The summed E-state index contributed by atoms with van der Waals surface area (Å²) in [6.45, 7) is 2.27. The zero-order chi connectivity index (χ0) is 15.2. The Hall–Kier alpha value is -1.62. The Bertz CT molecular complexity index is 638. The van der Waals surface area contributed by atoms with Gasteiger partial charge in [0.1, 0.15) is 6.07 Å². The molecule has 2 N–H and O–H groups in total. The number of amides is 1. The number of sulfonamides is 1. The summed E-state index contributed by atoms with van der Waals surface area (Å²) in [6.07, 6.45) is 0.0527. The highest BCUT2D eigenvalue weighted by atomic mass is 35.5. The van der Waals surface area contributed by atoms with Crippen LogP contribution in [0.15, 0.2) is 23.1 Å². The van der Waals surface area contributed by atoms with Crippen LogP contribution < -0.4 is 10.0 Å². The van der Waals surface area contributed by atoms with Gasteiger partial charge in [-0.15, -0.1) is 0 Å². The molecule has 8 heteroatoms. The fourth-order valence-electron chi connectivity index (χ4n) is 1.42. The van der Waals surface area contributed by atoms with Crippen LogP contribution in [0.25, 0.3) is 0 Å². The number of halogens is 1. The van der Waals surface area contributed by atoms with Gasteiger partial charge >= 0.3 is 0 Å². The Morgan fingerprint density at radius 2 is 2.15 bits per heavy atom. The molecule has 0 aliphatic rings. The van der Waals surface area contributed by atoms with Crippen molar-refractivity contribution in [3.8, 4) is 6.07 Å². The molecule has 0 spiro atoms. The molecule has 1 rings (SSSR count). The molecule has 0 fully saturated rings. The highest BCUT2D eigenvalue weighted by molar-refractivity contribution is 7.89. The first-order valence-electron chi connectivity index (χ1n) is 5.86. The normalized spacial score (nSPS) is 10.8. The first-order chi connectivity index (χ1) is 9.40. The Balaban J connectivity index is 2.72. The van der Waals surface area contributed by atoms with Crippen LogP contribution in [-0.2, 0) is 14.8 Å². The molecule has 0 bridgehead atoms. The third kappa shape index (κ3) is 4.49. The minimum Gasteiger partial charge on any atom is -0.356 e. The van der Waals surface area contributed by atoms with E-state index in [0.29, 0.717) is 6.54 Å². The molecule has 0 unspecified atom stereocenters. The lowest BCUT2D eigenvalue weighted by Crippen LogP contribution is -2.30. The summed E-state index contributed by atoms with van der Waals surface area (Å²) in [6, 6.07) is 5.67. The number of hydrogen-bond donors (Lipinski definition) is 2. The maximum absolute atomic E-state index is 11.9. The van der Waals surface area contributed by atoms with Gasteiger partial charge in [0.25, 0.3) is 0 Å². The van der Waals surface area contributed by atoms with Crippen molar-refractivity contribution in [3.63, 3.8) is 0 Å². The van der Waals surface area contributed by atoms with Crippen LogP contribution in [0.3, 0.4) is 0 Å². The highest BCUT2D eigenvalue weighted by Gasteiger charge is 2.15. The van der Waals surface area contributed by atoms with E-state index in [4.69, 9.17) is 16.9 Å². The Morgan fingerprint density at radius 1 is 1.45 bits per heavy atom. The van der Waals surface area contributed by atoms with E-state index < -0.39 is 10.0 Å². The van der Waals surface area contributed by atoms with Gasteiger partial charge in [-0.1, -0.05) is 11.6 Å². The van der Waals surface area contributed by atoms with Crippen molar-refractivity contribution in [2.24, 2.45) is 0 Å². The topological polar surface area (TPSA) is 99.1 Å². The van der Waals surface area contributed by atoms with Crippen LogP contribution in [0, 0.1) is 11.3 Å². The van der Waals surface area contributed by atoms with Gasteiger partial charge in [0.15, 0.2) is 0 Å². The van der Waals surface area contributed by atoms with Gasteiger partial charge in [0, 0.05) is 19.5 Å². The summed E-state index contributed by atoms with van der Waals surface area (Å²) in [5.41, 5.74) is 0.202. The zero-order valence-electron chi connectivity index (χ0n) is 10.8. The molecule has 0 aliphatic heterocycles. The van der Waals surface area contributed by atoms with E-state index >= 15 is 0 Å². The molecule has 6 nitrogen and oxygen atoms in total. The van der Waals surface area contributed by atoms with Crippen LogP contribution in [0.2, 0.25) is 5.02 Å². The molecule has 1 aromatic rings. The number of carbonyl (C=O) groups excluding carboxylic acids is 1. The molecular weight excluding hydrogens is 302 g/mol. The summed E-state index contributed by atoms with van der Waals surface area (Å²) in [7, 11) is -3.74. The summed E-state index contributed by atoms with van der Waals surface area (Å²) >= 11 is 5.78. The number of benzene rings is 1. The molecular formula is C12H14ClN3O3S. The molecule has 1 aromatic carbocycles. The van der Waals surface area contributed by atoms with Gasteiger partial charge < -0.3 is 5.32 Å². The first kappa shape index (κ1) is 16.4. The van der Waals surface area contributed by atoms with Gasteiger partial charge in [0.05, 0.1) is 15.5 Å². The van der Waals surface area contributed by atoms with Crippen molar-refractivity contribution < 1.29 is 13.2 Å². The minimum atomic E-state index is -3.74. The lowest BCUT2D eigenvalue weighted by Gasteiger charge is -2.07. The molecule has 1 amide bonds. The Labute approximate surface area is 122 Å². The van der Waals surface area contributed by atoms with E-state index in [1.165, 1.54) is 18.2 Å². The van der Waals surface area contributed by atoms with Crippen molar-refractivity contribution in [1.29, 1.82) is 5.26 Å². The van der Waals surface area contributed by atoms with Crippen molar-refractivity contribution in [1.82, 2.24) is 10.0 Å². The van der Waals surface area contributed by atoms with Gasteiger partial charge in [-0.05, 0) is 25.1 Å². The summed E-state index contributed by atoms with van der Waals surface area (Å²) < 4.78 is 26.2. The standard InChI is InChI=1S/C12H14ClN3O3S/c1-2-15-12(17)5-6-16-20(18,19)10-4-3-9(8-14)11(13)7-10/h3-4,7,16H,2,5-6H2,1H3,(H,15,17). The zero-order valence-corrected chi connectivity index (χ0v) is 12.4. The molecule has 108 valence electrons. The molecule has 20 heavy (non-hydrogen) atoms. The maximum atomic E-state index is 11.9. The van der Waals surface area contributed by atoms with Gasteiger partial charge in [-0.25, -0.2) is 13.1 Å². The molecule has 0 aliphatic carbocycles. The number of rotatable bonds is 6. The van der Waals surface area contributed by atoms with Crippen LogP contribution in [0.4, 0.5) is 0 Å². The van der Waals surface area contributed by atoms with Crippen LogP contribution in [0.5, 0.6) is 0 Å². The van der Waals surface area contributed by atoms with Crippen molar-refractivity contribution in [3.05, 3.63) is 28.8 Å². The highest BCUT2D eigenvalue weighted by Crippen LogP contribution is 2.19. The number of carbonyl (C=O) groups is 1. The van der Waals surface area contributed by atoms with E-state index in [1.807, 2.05) is 6.07 Å². The summed E-state index contributed by atoms with van der Waals surface area (Å²) in [5.74, 6) is -0.229. The molecule has 0 radical (unpaired) electrons. The van der Waals surface area contributed by atoms with Gasteiger partial charge in [-0.2, -0.15) is 5.26 Å². The summed E-state index contributed by atoms with van der Waals surface area (Å²) in [4.78, 5) is 11.2. The van der Waals surface area contributed by atoms with E-state index in [0.717, 1.165) is 0 Å². The average molecular weight is 316 g/mol.